The number of rotatable bonds is 4. The SMILES string of the molecule is CC(NS(=O)(=O)c1ccc(F)cc1)c1ccccc1. The molecule has 0 aliphatic rings. The Kier molecular flexibility index (Phi) is 3.97. The Labute approximate surface area is 112 Å². The topological polar surface area (TPSA) is 46.2 Å². The molecule has 0 fully saturated rings. The Morgan fingerprint density at radius 3 is 2.16 bits per heavy atom. The molecule has 2 rings (SSSR count). The molecule has 2 aromatic carbocycles. The zero-order valence-electron chi connectivity index (χ0n) is 10.4. The lowest BCUT2D eigenvalue weighted by atomic mass is 10.1. The minimum Gasteiger partial charge on any atom is -0.207 e. The fourth-order valence-corrected chi connectivity index (χ4v) is 2.96. The van der Waals surface area contributed by atoms with Crippen LogP contribution < -0.4 is 4.72 Å². The molecule has 100 valence electrons. The maximum atomic E-state index is 12.8. The minimum absolute atomic E-state index is 0.0525. The number of hydrogen-bond acceptors (Lipinski definition) is 2. The van der Waals surface area contributed by atoms with Crippen molar-refractivity contribution in [3.05, 3.63) is 66.0 Å². The largest absolute Gasteiger partial charge is 0.241 e. The highest BCUT2D eigenvalue weighted by atomic mass is 32.2. The first-order valence-electron chi connectivity index (χ1n) is 5.82. The van der Waals surface area contributed by atoms with Crippen molar-refractivity contribution in [1.82, 2.24) is 4.72 Å². The molecule has 0 amide bonds. The van der Waals surface area contributed by atoms with Gasteiger partial charge in [0.15, 0.2) is 0 Å². The highest BCUT2D eigenvalue weighted by Gasteiger charge is 2.18. The second kappa shape index (κ2) is 5.50. The second-order valence-corrected chi connectivity index (χ2v) is 5.92. The predicted octanol–water partition coefficient (Wildman–Crippen LogP) is 2.87. The number of nitrogens with one attached hydrogen (secondary N) is 1. The van der Waals surface area contributed by atoms with Crippen molar-refractivity contribution in [2.45, 2.75) is 17.9 Å². The van der Waals surface area contributed by atoms with Crippen molar-refractivity contribution in [3.63, 3.8) is 0 Å². The molecule has 0 bridgehead atoms. The van der Waals surface area contributed by atoms with Crippen LogP contribution in [-0.2, 0) is 10.0 Å². The Morgan fingerprint density at radius 1 is 1.00 bits per heavy atom. The third-order valence-electron chi connectivity index (χ3n) is 2.76. The molecule has 3 nitrogen and oxygen atoms in total. The summed E-state index contributed by atoms with van der Waals surface area (Å²) in [7, 11) is -3.64. The third-order valence-corrected chi connectivity index (χ3v) is 4.31. The zero-order valence-corrected chi connectivity index (χ0v) is 11.2. The molecule has 19 heavy (non-hydrogen) atoms. The molecule has 0 heterocycles. The highest BCUT2D eigenvalue weighted by molar-refractivity contribution is 7.89. The molecule has 0 radical (unpaired) electrons. The van der Waals surface area contributed by atoms with E-state index in [9.17, 15) is 12.8 Å². The monoisotopic (exact) mass is 279 g/mol. The van der Waals surface area contributed by atoms with Crippen LogP contribution in [-0.4, -0.2) is 8.42 Å². The second-order valence-electron chi connectivity index (χ2n) is 4.21. The quantitative estimate of drug-likeness (QED) is 0.935. The van der Waals surface area contributed by atoms with Crippen molar-refractivity contribution in [2.75, 3.05) is 0 Å². The zero-order chi connectivity index (χ0) is 13.9. The van der Waals surface area contributed by atoms with Crippen LogP contribution in [0.1, 0.15) is 18.5 Å². The first kappa shape index (κ1) is 13.7. The van der Waals surface area contributed by atoms with E-state index in [1.807, 2.05) is 30.3 Å². The molecule has 1 unspecified atom stereocenters. The van der Waals surface area contributed by atoms with E-state index in [-0.39, 0.29) is 10.9 Å². The Morgan fingerprint density at radius 2 is 1.58 bits per heavy atom. The van der Waals surface area contributed by atoms with Crippen molar-refractivity contribution in [2.24, 2.45) is 0 Å². The third kappa shape index (κ3) is 3.39. The van der Waals surface area contributed by atoms with Gasteiger partial charge in [0.1, 0.15) is 5.82 Å². The molecule has 5 heteroatoms. The van der Waals surface area contributed by atoms with Crippen LogP contribution >= 0.6 is 0 Å². The van der Waals surface area contributed by atoms with Gasteiger partial charge in [-0.15, -0.1) is 0 Å². The first-order valence-corrected chi connectivity index (χ1v) is 7.30. The molecule has 0 saturated carbocycles. The summed E-state index contributed by atoms with van der Waals surface area (Å²) in [5, 5.41) is 0. The van der Waals surface area contributed by atoms with Gasteiger partial charge in [-0.25, -0.2) is 17.5 Å². The van der Waals surface area contributed by atoms with E-state index in [2.05, 4.69) is 4.72 Å². The smallest absolute Gasteiger partial charge is 0.207 e. The molecule has 1 atom stereocenters. The summed E-state index contributed by atoms with van der Waals surface area (Å²) >= 11 is 0. The lowest BCUT2D eigenvalue weighted by molar-refractivity contribution is 0.566. The van der Waals surface area contributed by atoms with Gasteiger partial charge >= 0.3 is 0 Å². The van der Waals surface area contributed by atoms with E-state index in [1.54, 1.807) is 6.92 Å². The van der Waals surface area contributed by atoms with E-state index in [1.165, 1.54) is 12.1 Å². The summed E-state index contributed by atoms with van der Waals surface area (Å²) in [6.45, 7) is 1.76. The number of sulfonamides is 1. The van der Waals surface area contributed by atoms with E-state index >= 15 is 0 Å². The standard InChI is InChI=1S/C14H14FNO2S/c1-11(12-5-3-2-4-6-12)16-19(17,18)14-9-7-13(15)8-10-14/h2-11,16H,1H3. The van der Waals surface area contributed by atoms with Crippen LogP contribution in [0.25, 0.3) is 0 Å². The van der Waals surface area contributed by atoms with Crippen LogP contribution in [0.15, 0.2) is 59.5 Å². The lowest BCUT2D eigenvalue weighted by Gasteiger charge is -2.14. The van der Waals surface area contributed by atoms with Crippen molar-refractivity contribution in [1.29, 1.82) is 0 Å². The number of halogens is 1. The van der Waals surface area contributed by atoms with Gasteiger partial charge in [-0.1, -0.05) is 30.3 Å². The Hall–Kier alpha value is -1.72. The van der Waals surface area contributed by atoms with E-state index in [0.717, 1.165) is 17.7 Å². The fourth-order valence-electron chi connectivity index (χ4n) is 1.72. The van der Waals surface area contributed by atoms with Gasteiger partial charge in [0, 0.05) is 6.04 Å². The number of benzene rings is 2. The molecule has 0 aromatic heterocycles. The van der Waals surface area contributed by atoms with Crippen LogP contribution in [0, 0.1) is 5.82 Å². The summed E-state index contributed by atoms with van der Waals surface area (Å²) in [4.78, 5) is 0.0525. The summed E-state index contributed by atoms with van der Waals surface area (Å²) in [5.41, 5.74) is 0.869. The number of hydrogen-bond donors (Lipinski definition) is 1. The van der Waals surface area contributed by atoms with Crippen LogP contribution in [0.2, 0.25) is 0 Å². The van der Waals surface area contributed by atoms with Crippen LogP contribution in [0.3, 0.4) is 0 Å². The Bertz CT molecular complexity index is 639. The predicted molar refractivity (Wildman–Crippen MR) is 71.6 cm³/mol. The highest BCUT2D eigenvalue weighted by Crippen LogP contribution is 2.16. The van der Waals surface area contributed by atoms with E-state index in [0.29, 0.717) is 0 Å². The van der Waals surface area contributed by atoms with Gasteiger partial charge < -0.3 is 0 Å². The van der Waals surface area contributed by atoms with Crippen molar-refractivity contribution < 1.29 is 12.8 Å². The molecule has 0 aliphatic carbocycles. The van der Waals surface area contributed by atoms with Crippen LogP contribution in [0.4, 0.5) is 4.39 Å². The molecule has 0 spiro atoms. The first-order chi connectivity index (χ1) is 8.99. The minimum atomic E-state index is -3.64. The maximum absolute atomic E-state index is 12.8. The molecule has 0 saturated heterocycles. The van der Waals surface area contributed by atoms with E-state index in [4.69, 9.17) is 0 Å². The normalized spacial score (nSPS) is 13.2. The van der Waals surface area contributed by atoms with Gasteiger partial charge in [0.25, 0.3) is 0 Å². The molecular formula is C14H14FNO2S. The molecule has 1 N–H and O–H groups in total. The average Bonchev–Trinajstić information content (AvgIpc) is 2.40. The lowest BCUT2D eigenvalue weighted by Crippen LogP contribution is -2.26. The van der Waals surface area contributed by atoms with Gasteiger partial charge in [-0.3, -0.25) is 0 Å². The van der Waals surface area contributed by atoms with Gasteiger partial charge in [-0.2, -0.15) is 0 Å². The summed E-state index contributed by atoms with van der Waals surface area (Å²) in [6.07, 6.45) is 0. The van der Waals surface area contributed by atoms with Gasteiger partial charge in [0.2, 0.25) is 10.0 Å². The summed E-state index contributed by atoms with van der Waals surface area (Å²) in [6, 6.07) is 13.6. The summed E-state index contributed by atoms with van der Waals surface area (Å²) < 4.78 is 39.5. The molecule has 2 aromatic rings. The van der Waals surface area contributed by atoms with Gasteiger partial charge in [0.05, 0.1) is 4.90 Å². The Balaban J connectivity index is 2.20. The fraction of sp³-hybridized carbons (Fsp3) is 0.143. The average molecular weight is 279 g/mol. The van der Waals surface area contributed by atoms with Gasteiger partial charge in [-0.05, 0) is 36.8 Å². The van der Waals surface area contributed by atoms with Crippen molar-refractivity contribution in [3.8, 4) is 0 Å². The molecular weight excluding hydrogens is 265 g/mol. The summed E-state index contributed by atoms with van der Waals surface area (Å²) in [5.74, 6) is -0.463. The van der Waals surface area contributed by atoms with Crippen molar-refractivity contribution >= 4 is 10.0 Å². The maximum Gasteiger partial charge on any atom is 0.241 e. The molecule has 0 aliphatic heterocycles. The van der Waals surface area contributed by atoms with E-state index < -0.39 is 15.8 Å². The van der Waals surface area contributed by atoms with Crippen LogP contribution in [0.5, 0.6) is 0 Å².